The number of anilines is 9. The second-order valence-electron chi connectivity index (χ2n) is 36.3. The molecular formula is C142H103N3. The molecule has 24 aromatic carbocycles. The molecule has 0 fully saturated rings. The minimum absolute atomic E-state index is 1.09. The van der Waals surface area contributed by atoms with Crippen molar-refractivity contribution in [2.24, 2.45) is 0 Å². The van der Waals surface area contributed by atoms with E-state index in [2.05, 4.69) is 640 Å². The van der Waals surface area contributed by atoms with Gasteiger partial charge in [-0.05, 0) is 306 Å². The summed E-state index contributed by atoms with van der Waals surface area (Å²) in [7, 11) is 0. The molecule has 0 heterocycles. The average Bonchev–Trinajstić information content (AvgIpc) is 0.786. The van der Waals surface area contributed by atoms with Crippen molar-refractivity contribution in [1.29, 1.82) is 0 Å². The molecule has 0 aliphatic heterocycles. The molecule has 3 heteroatoms. The highest BCUT2D eigenvalue weighted by atomic mass is 15.2. The van der Waals surface area contributed by atoms with Gasteiger partial charge in [-0.15, -0.1) is 0 Å². The Labute approximate surface area is 851 Å². The van der Waals surface area contributed by atoms with Gasteiger partial charge in [0.05, 0.1) is 0 Å². The fraction of sp³-hybridized carbons (Fsp3) is 0. The van der Waals surface area contributed by atoms with E-state index in [1.54, 1.807) is 0 Å². The fourth-order valence-electron chi connectivity index (χ4n) is 19.6. The van der Waals surface area contributed by atoms with E-state index in [0.717, 1.165) is 51.2 Å². The van der Waals surface area contributed by atoms with Crippen molar-refractivity contribution in [1.82, 2.24) is 0 Å². The molecule has 0 N–H and O–H groups in total. The van der Waals surface area contributed by atoms with Crippen LogP contribution < -0.4 is 14.7 Å². The second-order valence-corrected chi connectivity index (χ2v) is 36.3. The molecule has 3 nitrogen and oxygen atoms in total. The van der Waals surface area contributed by atoms with Gasteiger partial charge >= 0.3 is 0 Å². The summed E-state index contributed by atoms with van der Waals surface area (Å²) in [6, 6.07) is 224. The van der Waals surface area contributed by atoms with E-state index >= 15 is 0 Å². The molecule has 0 unspecified atom stereocenters. The monoisotopic (exact) mass is 1850 g/mol. The summed E-state index contributed by atoms with van der Waals surface area (Å²) in [6.07, 6.45) is 0. The lowest BCUT2D eigenvalue weighted by molar-refractivity contribution is 1.28. The second kappa shape index (κ2) is 43.5. The summed E-state index contributed by atoms with van der Waals surface area (Å²) in [5.41, 5.74) is 43.1. The lowest BCUT2D eigenvalue weighted by Gasteiger charge is -2.28. The van der Waals surface area contributed by atoms with Gasteiger partial charge in [0.15, 0.2) is 0 Å². The number of fused-ring (bicyclic) bond motifs is 1. The number of benzene rings is 24. The molecule has 145 heavy (non-hydrogen) atoms. The third-order valence-corrected chi connectivity index (χ3v) is 26.9. The molecule has 686 valence electrons. The van der Waals surface area contributed by atoms with E-state index in [4.69, 9.17) is 0 Å². The largest absolute Gasteiger partial charge is 0.310 e. The summed E-state index contributed by atoms with van der Waals surface area (Å²) in [5.74, 6) is 0. The van der Waals surface area contributed by atoms with Gasteiger partial charge in [-0.3, -0.25) is 0 Å². The molecule has 0 radical (unpaired) electrons. The van der Waals surface area contributed by atoms with Gasteiger partial charge in [-0.2, -0.15) is 0 Å². The minimum Gasteiger partial charge on any atom is -0.310 e. The maximum absolute atomic E-state index is 2.42. The van der Waals surface area contributed by atoms with Crippen LogP contribution in [0.1, 0.15) is 0 Å². The first-order valence-corrected chi connectivity index (χ1v) is 49.6. The van der Waals surface area contributed by atoms with E-state index in [0.29, 0.717) is 0 Å². The molecule has 24 aromatic rings. The van der Waals surface area contributed by atoms with Crippen molar-refractivity contribution in [3.8, 4) is 156 Å². The van der Waals surface area contributed by atoms with E-state index in [1.165, 1.54) is 167 Å². The maximum Gasteiger partial charge on any atom is 0.0473 e. The van der Waals surface area contributed by atoms with E-state index in [-0.39, 0.29) is 0 Å². The summed E-state index contributed by atoms with van der Waals surface area (Å²) in [4.78, 5) is 7.19. The summed E-state index contributed by atoms with van der Waals surface area (Å²) in [5, 5.41) is 2.50. The molecule has 0 aliphatic carbocycles. The van der Waals surface area contributed by atoms with Crippen LogP contribution >= 0.6 is 0 Å². The van der Waals surface area contributed by atoms with Crippen molar-refractivity contribution in [2.45, 2.75) is 0 Å². The lowest BCUT2D eigenvalue weighted by Crippen LogP contribution is -2.11. The number of nitrogens with zero attached hydrogens (tertiary/aromatic N) is 3. The van der Waals surface area contributed by atoms with Crippen LogP contribution in [0, 0.1) is 0 Å². The molecular weight excluding hydrogens is 1750 g/mol. The Balaban J connectivity index is 0.000000125. The SMILES string of the molecule is c1ccc(-c2cc(-c3ccccc3)cc(N(c3ccc(-c4cccc5ccccc45)cc3)c3cc(-c4ccccc4)cc(-c4ccccc4)c3)c2)cc1.c1ccc(-c2ccc(N(c3cc(-c4ccccc4)cc(-c4ccccc4)c3)c3cc(-c4ccccc4)cc(-c4ccccc4)c3)cc2)cc1.c1ccc(-c2ccc(N(c3ccc(-c4ccccc4)cc3)c3cc(-c4ccccc4)cc(-c4ccccc4)c3)cc2)cc1. The quantitative estimate of drug-likeness (QED) is 0.0632. The number of hydrogen-bond donors (Lipinski definition) is 0. The van der Waals surface area contributed by atoms with Crippen LogP contribution in [0.2, 0.25) is 0 Å². The van der Waals surface area contributed by atoms with Crippen LogP contribution in [0.5, 0.6) is 0 Å². The molecule has 0 aromatic heterocycles. The van der Waals surface area contributed by atoms with Gasteiger partial charge in [-0.25, -0.2) is 0 Å². The zero-order chi connectivity index (χ0) is 97.1. The molecule has 0 spiro atoms. The van der Waals surface area contributed by atoms with Crippen molar-refractivity contribution < 1.29 is 0 Å². The zero-order valence-corrected chi connectivity index (χ0v) is 80.3. The van der Waals surface area contributed by atoms with Crippen LogP contribution in [-0.2, 0) is 0 Å². The first-order chi connectivity index (χ1) is 71.9. The van der Waals surface area contributed by atoms with Crippen LogP contribution in [0.25, 0.3) is 167 Å². The Kier molecular flexibility index (Phi) is 27.3. The Morgan fingerprint density at radius 1 is 0.0828 bits per heavy atom. The van der Waals surface area contributed by atoms with Crippen LogP contribution in [0.4, 0.5) is 51.2 Å². The van der Waals surface area contributed by atoms with Gasteiger partial charge in [0.25, 0.3) is 0 Å². The van der Waals surface area contributed by atoms with Crippen LogP contribution in [0.3, 0.4) is 0 Å². The third-order valence-electron chi connectivity index (χ3n) is 26.9. The smallest absolute Gasteiger partial charge is 0.0473 e. The van der Waals surface area contributed by atoms with E-state index in [1.807, 2.05) is 0 Å². The normalized spacial score (nSPS) is 10.9. The van der Waals surface area contributed by atoms with Gasteiger partial charge < -0.3 is 14.7 Å². The number of rotatable bonds is 23. The Bertz CT molecular complexity index is 7770. The Morgan fingerprint density at radius 3 is 0.407 bits per heavy atom. The van der Waals surface area contributed by atoms with Crippen molar-refractivity contribution in [3.05, 3.63) is 625 Å². The van der Waals surface area contributed by atoms with Crippen molar-refractivity contribution in [3.63, 3.8) is 0 Å². The fourth-order valence-corrected chi connectivity index (χ4v) is 19.6. The Morgan fingerprint density at radius 2 is 0.221 bits per heavy atom. The van der Waals surface area contributed by atoms with Gasteiger partial charge in [0.2, 0.25) is 0 Å². The topological polar surface area (TPSA) is 9.72 Å². The molecule has 0 saturated carbocycles. The number of hydrogen-bond acceptors (Lipinski definition) is 3. The van der Waals surface area contributed by atoms with Crippen LogP contribution in [0.15, 0.2) is 625 Å². The molecule has 0 atom stereocenters. The third kappa shape index (κ3) is 21.3. The summed E-state index contributed by atoms with van der Waals surface area (Å²) < 4.78 is 0. The minimum atomic E-state index is 1.09. The highest BCUT2D eigenvalue weighted by Crippen LogP contribution is 2.49. The molecule has 0 aliphatic rings. The lowest BCUT2D eigenvalue weighted by atomic mass is 9.95. The molecule has 0 amide bonds. The summed E-state index contributed by atoms with van der Waals surface area (Å²) in [6.45, 7) is 0. The molecule has 24 rings (SSSR count). The molecule has 0 bridgehead atoms. The predicted octanol–water partition coefficient (Wildman–Crippen LogP) is 40.0. The van der Waals surface area contributed by atoms with Gasteiger partial charge in [-0.1, -0.05) is 485 Å². The first kappa shape index (κ1) is 91.1. The average molecular weight is 1850 g/mol. The van der Waals surface area contributed by atoms with Crippen LogP contribution in [-0.4, -0.2) is 0 Å². The zero-order valence-electron chi connectivity index (χ0n) is 80.3. The molecule has 0 saturated heterocycles. The van der Waals surface area contributed by atoms with Gasteiger partial charge in [0, 0.05) is 51.2 Å². The van der Waals surface area contributed by atoms with E-state index < -0.39 is 0 Å². The van der Waals surface area contributed by atoms with Crippen molar-refractivity contribution >= 4 is 62.0 Å². The van der Waals surface area contributed by atoms with Crippen molar-refractivity contribution in [2.75, 3.05) is 14.7 Å². The highest BCUT2D eigenvalue weighted by Gasteiger charge is 2.24. The van der Waals surface area contributed by atoms with E-state index in [9.17, 15) is 0 Å². The standard InChI is InChI=1S/C52H37N.C48H35N.C42H31N/c1-5-16-38(17-6-1)44-32-45(39-18-7-2-8-19-39)35-49(34-44)53(48-30-28-43(29-31-48)52-27-15-25-42-24-13-14-26-51(42)52)50-36-46(40-20-9-3-10-21-40)33-47(37-50)41-22-11-4-12-23-41;1-6-16-36(17-7-1)41-26-28-46(29-27-41)49(47-32-42(37-18-8-2-9-19-37)30-43(33-47)38-20-10-3-11-21-38)48-34-44(39-22-12-4-13-23-39)31-45(35-48)40-24-14-5-15-25-40;1-5-13-32(14-6-1)36-21-25-40(26-22-36)43(41-27-23-37(24-28-41)33-15-7-2-8-16-33)42-30-38(34-17-9-3-10-18-34)29-39(31-42)35-19-11-4-12-20-35/h1-37H;1-35H;1-31H. The highest BCUT2D eigenvalue weighted by molar-refractivity contribution is 5.99. The maximum atomic E-state index is 2.42. The summed E-state index contributed by atoms with van der Waals surface area (Å²) >= 11 is 0. The van der Waals surface area contributed by atoms with Gasteiger partial charge in [0.1, 0.15) is 0 Å². The predicted molar refractivity (Wildman–Crippen MR) is 617 cm³/mol. The first-order valence-electron chi connectivity index (χ1n) is 49.6. The Hall–Kier alpha value is -19.1.